The van der Waals surface area contributed by atoms with Crippen LogP contribution in [-0.2, 0) is 26.1 Å². The van der Waals surface area contributed by atoms with Gasteiger partial charge in [-0.1, -0.05) is 35.9 Å². The van der Waals surface area contributed by atoms with Crippen LogP contribution in [0.25, 0.3) is 0 Å². The number of hydrogen-bond acceptors (Lipinski definition) is 5. The third-order valence-corrected chi connectivity index (χ3v) is 6.77. The van der Waals surface area contributed by atoms with E-state index < -0.39 is 28.0 Å². The lowest BCUT2D eigenvalue weighted by atomic mass is 10.2. The van der Waals surface area contributed by atoms with Gasteiger partial charge in [-0.2, -0.15) is 0 Å². The summed E-state index contributed by atoms with van der Waals surface area (Å²) in [4.78, 5) is 24.7. The Bertz CT molecular complexity index is 1030. The molecule has 0 aromatic heterocycles. The maximum absolute atomic E-state index is 12.4. The van der Waals surface area contributed by atoms with Crippen LogP contribution in [0.5, 0.6) is 0 Å². The fraction of sp³-hybridized carbons (Fsp3) is 0.300. The number of carbonyl (C=O) groups excluding carboxylic acids is 2. The van der Waals surface area contributed by atoms with Crippen molar-refractivity contribution < 1.29 is 22.7 Å². The minimum atomic E-state index is -3.35. The second-order valence-corrected chi connectivity index (χ2v) is 9.07. The largest absolute Gasteiger partial charge is 0.449 e. The first-order valence-electron chi connectivity index (χ1n) is 9.10. The highest BCUT2D eigenvalue weighted by Gasteiger charge is 2.29. The zero-order valence-electron chi connectivity index (χ0n) is 15.8. The van der Waals surface area contributed by atoms with E-state index in [9.17, 15) is 18.0 Å². The van der Waals surface area contributed by atoms with Crippen molar-refractivity contribution in [3.05, 3.63) is 64.7 Å². The number of ether oxygens (including phenoxy) is 1. The Morgan fingerprint density at radius 3 is 2.66 bits per heavy atom. The van der Waals surface area contributed by atoms with E-state index in [1.165, 1.54) is 23.4 Å². The number of anilines is 1. The van der Waals surface area contributed by atoms with Gasteiger partial charge in [0, 0.05) is 18.1 Å². The molecule has 1 aliphatic heterocycles. The first kappa shape index (κ1) is 21.1. The van der Waals surface area contributed by atoms with Crippen molar-refractivity contribution in [3.8, 4) is 0 Å². The van der Waals surface area contributed by atoms with E-state index in [0.29, 0.717) is 23.7 Å². The van der Waals surface area contributed by atoms with E-state index in [0.717, 1.165) is 5.56 Å². The molecule has 1 N–H and O–H groups in total. The Morgan fingerprint density at radius 2 is 1.97 bits per heavy atom. The van der Waals surface area contributed by atoms with Crippen molar-refractivity contribution >= 4 is 39.2 Å². The summed E-state index contributed by atoms with van der Waals surface area (Å²) >= 11 is 6.06. The van der Waals surface area contributed by atoms with E-state index in [2.05, 4.69) is 5.32 Å². The molecule has 2 aromatic rings. The highest BCUT2D eigenvalue weighted by molar-refractivity contribution is 7.93. The number of esters is 1. The van der Waals surface area contributed by atoms with Crippen molar-refractivity contribution in [2.24, 2.45) is 0 Å². The van der Waals surface area contributed by atoms with Crippen LogP contribution < -0.4 is 9.62 Å². The van der Waals surface area contributed by atoms with Gasteiger partial charge in [-0.15, -0.1) is 0 Å². The molecule has 1 atom stereocenters. The lowest BCUT2D eigenvalue weighted by molar-refractivity contribution is -0.129. The van der Waals surface area contributed by atoms with Crippen LogP contribution in [-0.4, -0.2) is 38.7 Å². The van der Waals surface area contributed by atoms with E-state index in [1.807, 2.05) is 6.07 Å². The van der Waals surface area contributed by atoms with Gasteiger partial charge in [0.15, 0.2) is 6.10 Å². The van der Waals surface area contributed by atoms with Gasteiger partial charge >= 0.3 is 5.97 Å². The van der Waals surface area contributed by atoms with Crippen molar-refractivity contribution in [1.29, 1.82) is 0 Å². The molecular weight excluding hydrogens is 416 g/mol. The molecule has 1 aliphatic rings. The quantitative estimate of drug-likeness (QED) is 0.703. The molecule has 9 heteroatoms. The summed E-state index contributed by atoms with van der Waals surface area (Å²) in [6.07, 6.45) is -0.483. The molecule has 29 heavy (non-hydrogen) atoms. The Balaban J connectivity index is 1.61. The van der Waals surface area contributed by atoms with Gasteiger partial charge in [0.1, 0.15) is 0 Å². The van der Waals surface area contributed by atoms with Crippen LogP contribution in [0.2, 0.25) is 5.02 Å². The molecule has 1 fully saturated rings. The summed E-state index contributed by atoms with van der Waals surface area (Å²) in [7, 11) is -3.35. The van der Waals surface area contributed by atoms with E-state index in [4.69, 9.17) is 16.3 Å². The summed E-state index contributed by atoms with van der Waals surface area (Å²) < 4.78 is 30.7. The Kier molecular flexibility index (Phi) is 6.44. The lowest BCUT2D eigenvalue weighted by Gasteiger charge is -2.18. The number of benzene rings is 2. The molecule has 0 bridgehead atoms. The minimum Gasteiger partial charge on any atom is -0.449 e. The Morgan fingerprint density at radius 1 is 1.21 bits per heavy atom. The SMILES string of the molecule is CC(OC(=O)c1cccc(N2CCCS2(=O)=O)c1)C(=O)NCc1ccccc1Cl. The molecule has 2 aromatic carbocycles. The number of amides is 1. The maximum atomic E-state index is 12.4. The topological polar surface area (TPSA) is 92.8 Å². The van der Waals surface area contributed by atoms with Gasteiger partial charge in [-0.05, 0) is 43.2 Å². The van der Waals surface area contributed by atoms with Crippen LogP contribution in [0.15, 0.2) is 48.5 Å². The summed E-state index contributed by atoms with van der Waals surface area (Å²) in [5, 5.41) is 3.21. The highest BCUT2D eigenvalue weighted by atomic mass is 35.5. The third kappa shape index (κ3) is 5.07. The first-order valence-corrected chi connectivity index (χ1v) is 11.1. The molecular formula is C20H21ClN2O5S. The van der Waals surface area contributed by atoms with E-state index >= 15 is 0 Å². The molecule has 1 unspecified atom stereocenters. The number of nitrogens with one attached hydrogen (secondary N) is 1. The molecule has 1 heterocycles. The van der Waals surface area contributed by atoms with Gasteiger partial charge in [0.05, 0.1) is 17.0 Å². The van der Waals surface area contributed by atoms with Crippen LogP contribution in [0.3, 0.4) is 0 Å². The third-order valence-electron chi connectivity index (χ3n) is 4.53. The normalized spacial score (nSPS) is 16.3. The number of rotatable bonds is 6. The van der Waals surface area contributed by atoms with Gasteiger partial charge in [-0.3, -0.25) is 9.10 Å². The zero-order chi connectivity index (χ0) is 21.0. The standard InChI is InChI=1S/C20H21ClN2O5S/c1-14(19(24)22-13-16-6-2-3-9-18(16)21)28-20(25)15-7-4-8-17(12-15)23-10-5-11-29(23,26)27/h2-4,6-9,12,14H,5,10-11,13H2,1H3,(H,22,24). The van der Waals surface area contributed by atoms with Crippen molar-refractivity contribution in [2.45, 2.75) is 26.0 Å². The van der Waals surface area contributed by atoms with Gasteiger partial charge in [0.2, 0.25) is 10.0 Å². The smallest absolute Gasteiger partial charge is 0.338 e. The Hall–Kier alpha value is -2.58. The van der Waals surface area contributed by atoms with Crippen LogP contribution >= 0.6 is 11.6 Å². The minimum absolute atomic E-state index is 0.0876. The van der Waals surface area contributed by atoms with E-state index in [-0.39, 0.29) is 17.9 Å². The monoisotopic (exact) mass is 436 g/mol. The molecule has 1 saturated heterocycles. The van der Waals surface area contributed by atoms with Gasteiger partial charge < -0.3 is 10.1 Å². The molecule has 0 saturated carbocycles. The molecule has 154 valence electrons. The molecule has 3 rings (SSSR count). The molecule has 0 radical (unpaired) electrons. The average molecular weight is 437 g/mol. The van der Waals surface area contributed by atoms with Crippen LogP contribution in [0.4, 0.5) is 5.69 Å². The number of sulfonamides is 1. The number of hydrogen-bond donors (Lipinski definition) is 1. The summed E-state index contributed by atoms with van der Waals surface area (Å²) in [5.41, 5.74) is 1.34. The molecule has 0 spiro atoms. The summed E-state index contributed by atoms with van der Waals surface area (Å²) in [6, 6.07) is 13.3. The molecule has 7 nitrogen and oxygen atoms in total. The zero-order valence-corrected chi connectivity index (χ0v) is 17.4. The molecule has 0 aliphatic carbocycles. The maximum Gasteiger partial charge on any atom is 0.338 e. The summed E-state index contributed by atoms with van der Waals surface area (Å²) in [5.74, 6) is -1.08. The summed E-state index contributed by atoms with van der Waals surface area (Å²) in [6.45, 7) is 2.05. The van der Waals surface area contributed by atoms with E-state index in [1.54, 1.807) is 30.3 Å². The number of carbonyl (C=O) groups is 2. The first-order chi connectivity index (χ1) is 13.8. The number of halogens is 1. The van der Waals surface area contributed by atoms with Crippen molar-refractivity contribution in [3.63, 3.8) is 0 Å². The van der Waals surface area contributed by atoms with Crippen LogP contribution in [0.1, 0.15) is 29.3 Å². The predicted octanol–water partition coefficient (Wildman–Crippen LogP) is 2.74. The van der Waals surface area contributed by atoms with Crippen molar-refractivity contribution in [1.82, 2.24) is 5.32 Å². The predicted molar refractivity (Wildman–Crippen MR) is 110 cm³/mol. The number of nitrogens with zero attached hydrogens (tertiary/aromatic N) is 1. The fourth-order valence-corrected chi connectivity index (χ4v) is 4.73. The Labute approximate surface area is 174 Å². The van der Waals surface area contributed by atoms with Gasteiger partial charge in [-0.25, -0.2) is 13.2 Å². The highest BCUT2D eigenvalue weighted by Crippen LogP contribution is 2.25. The van der Waals surface area contributed by atoms with Gasteiger partial charge in [0.25, 0.3) is 5.91 Å². The average Bonchev–Trinajstić information content (AvgIpc) is 3.06. The fourth-order valence-electron chi connectivity index (χ4n) is 2.97. The lowest BCUT2D eigenvalue weighted by Crippen LogP contribution is -2.35. The van der Waals surface area contributed by atoms with Crippen LogP contribution in [0, 0.1) is 0 Å². The second kappa shape index (κ2) is 8.84. The molecule has 1 amide bonds. The second-order valence-electron chi connectivity index (χ2n) is 6.65. The van der Waals surface area contributed by atoms with Crippen molar-refractivity contribution in [2.75, 3.05) is 16.6 Å².